The number of nitrogens with one attached hydrogen (secondary N) is 2. The molecule has 0 saturated carbocycles. The van der Waals surface area contributed by atoms with Crippen LogP contribution in [0.5, 0.6) is 11.5 Å². The van der Waals surface area contributed by atoms with Crippen molar-refractivity contribution in [3.63, 3.8) is 0 Å². The largest absolute Gasteiger partial charge is 0.491 e. The number of aliphatic hydroxyl groups excluding tert-OH is 2. The molecular formula is C33H35ClN8O6. The SMILES string of the molecule is Nc1nc(N)c(C(=O)NC2=NCC3(CCN(C(=O)c4ccc(OCc5ccc6cc(OCC(O)CO)ccc6c5)cc4)CC3)N2)nc1Cl. The van der Waals surface area contributed by atoms with E-state index in [1.165, 1.54) is 0 Å². The molecule has 6 rings (SSSR count). The van der Waals surface area contributed by atoms with Crippen molar-refractivity contribution < 1.29 is 29.3 Å². The zero-order valence-electron chi connectivity index (χ0n) is 25.9. The van der Waals surface area contributed by atoms with Crippen LogP contribution in [0.3, 0.4) is 0 Å². The number of carbonyl (C=O) groups is 2. The normalized spacial score (nSPS) is 15.9. The highest BCUT2D eigenvalue weighted by molar-refractivity contribution is 6.31. The van der Waals surface area contributed by atoms with Crippen LogP contribution in [0.1, 0.15) is 39.3 Å². The Hall–Kier alpha value is -5.18. The third kappa shape index (κ3) is 7.35. The third-order valence-corrected chi connectivity index (χ3v) is 8.60. The number of aliphatic hydroxyl groups is 2. The summed E-state index contributed by atoms with van der Waals surface area (Å²) < 4.78 is 11.5. The number of fused-ring (bicyclic) bond motifs is 1. The van der Waals surface area contributed by atoms with Crippen LogP contribution in [0.25, 0.3) is 10.8 Å². The molecule has 0 bridgehead atoms. The van der Waals surface area contributed by atoms with Crippen molar-refractivity contribution in [1.82, 2.24) is 25.5 Å². The van der Waals surface area contributed by atoms with Crippen molar-refractivity contribution in [1.29, 1.82) is 0 Å². The molecule has 0 aliphatic carbocycles. The van der Waals surface area contributed by atoms with E-state index in [4.69, 9.17) is 37.6 Å². The number of aliphatic imine (C=N–C) groups is 1. The summed E-state index contributed by atoms with van der Waals surface area (Å²) in [6.45, 7) is 1.51. The summed E-state index contributed by atoms with van der Waals surface area (Å²) in [6.07, 6.45) is 0.366. The third-order valence-electron chi connectivity index (χ3n) is 8.32. The highest BCUT2D eigenvalue weighted by atomic mass is 35.5. The topological polar surface area (TPSA) is 211 Å². The number of hydrogen-bond acceptors (Lipinski definition) is 12. The van der Waals surface area contributed by atoms with Gasteiger partial charge in [0.2, 0.25) is 0 Å². The van der Waals surface area contributed by atoms with Gasteiger partial charge in [-0.05, 0) is 71.6 Å². The monoisotopic (exact) mass is 674 g/mol. The fourth-order valence-corrected chi connectivity index (χ4v) is 5.70. The van der Waals surface area contributed by atoms with Crippen LogP contribution in [0.15, 0.2) is 65.7 Å². The highest BCUT2D eigenvalue weighted by Crippen LogP contribution is 2.28. The minimum atomic E-state index is -0.922. The second-order valence-corrected chi connectivity index (χ2v) is 12.1. The molecule has 1 aromatic heterocycles. The summed E-state index contributed by atoms with van der Waals surface area (Å²) in [5.41, 5.74) is 12.4. The van der Waals surface area contributed by atoms with Crippen LogP contribution >= 0.6 is 11.6 Å². The van der Waals surface area contributed by atoms with Gasteiger partial charge in [-0.25, -0.2) is 9.97 Å². The smallest absolute Gasteiger partial charge is 0.280 e. The molecule has 1 saturated heterocycles. The number of carbonyl (C=O) groups excluding carboxylic acids is 2. The summed E-state index contributed by atoms with van der Waals surface area (Å²) in [5, 5.41) is 26.3. The number of piperidine rings is 1. The van der Waals surface area contributed by atoms with Gasteiger partial charge in [0.15, 0.2) is 28.4 Å². The molecule has 1 fully saturated rings. The van der Waals surface area contributed by atoms with Crippen molar-refractivity contribution in [2.75, 3.05) is 44.3 Å². The predicted octanol–water partition coefficient (Wildman–Crippen LogP) is 2.12. The molecule has 1 spiro atoms. The van der Waals surface area contributed by atoms with E-state index in [0.717, 1.165) is 16.3 Å². The minimum absolute atomic E-state index is 0.0183. The fourth-order valence-electron chi connectivity index (χ4n) is 5.57. The number of nitrogens with zero attached hydrogens (tertiary/aromatic N) is 4. The van der Waals surface area contributed by atoms with Gasteiger partial charge in [-0.1, -0.05) is 29.8 Å². The maximum atomic E-state index is 13.3. The van der Waals surface area contributed by atoms with E-state index >= 15 is 0 Å². The zero-order valence-corrected chi connectivity index (χ0v) is 26.6. The van der Waals surface area contributed by atoms with Crippen molar-refractivity contribution in [3.8, 4) is 11.5 Å². The molecule has 8 N–H and O–H groups in total. The van der Waals surface area contributed by atoms with Gasteiger partial charge in [0.05, 0.1) is 18.7 Å². The number of likely N-dealkylation sites (tertiary alicyclic amines) is 1. The van der Waals surface area contributed by atoms with Crippen LogP contribution in [0, 0.1) is 0 Å². The molecule has 2 aliphatic rings. The summed E-state index contributed by atoms with van der Waals surface area (Å²) >= 11 is 5.90. The number of benzene rings is 3. The number of ether oxygens (including phenoxy) is 2. The lowest BCUT2D eigenvalue weighted by Gasteiger charge is -2.39. The fraction of sp³-hybridized carbons (Fsp3) is 0.303. The standard InChI is InChI=1S/C33H35ClN8O6/c34-27-29(36)39-28(35)26(38-27)30(45)40-32-37-18-33(41-32)9-11-42(12-10-33)31(46)20-3-6-24(7-4-20)47-16-19-1-2-22-14-25(8-5-21(22)13-19)48-17-23(44)15-43/h1-8,13-14,23,43-44H,9-12,15-18H2,(H4,35,36,39)(H2,37,40,41,45). The number of nitrogens with two attached hydrogens (primary N) is 2. The average Bonchev–Trinajstić information content (AvgIpc) is 3.48. The lowest BCUT2D eigenvalue weighted by molar-refractivity contribution is 0.0536. The Morgan fingerprint density at radius 3 is 2.44 bits per heavy atom. The quantitative estimate of drug-likeness (QED) is 0.151. The second kappa shape index (κ2) is 13.9. The Morgan fingerprint density at radius 2 is 1.69 bits per heavy atom. The maximum absolute atomic E-state index is 13.3. The predicted molar refractivity (Wildman–Crippen MR) is 180 cm³/mol. The van der Waals surface area contributed by atoms with Gasteiger partial charge in [0.1, 0.15) is 30.8 Å². The van der Waals surface area contributed by atoms with Crippen LogP contribution in [0.2, 0.25) is 5.15 Å². The minimum Gasteiger partial charge on any atom is -0.491 e. The number of nitrogen functional groups attached to an aromatic ring is 2. The number of anilines is 2. The molecule has 14 nitrogen and oxygen atoms in total. The first-order valence-electron chi connectivity index (χ1n) is 15.3. The lowest BCUT2D eigenvalue weighted by atomic mass is 9.88. The molecule has 3 aromatic carbocycles. The molecule has 2 aliphatic heterocycles. The van der Waals surface area contributed by atoms with Gasteiger partial charge in [-0.3, -0.25) is 19.9 Å². The van der Waals surface area contributed by atoms with E-state index in [2.05, 4.69) is 25.6 Å². The molecule has 1 unspecified atom stereocenters. The summed E-state index contributed by atoms with van der Waals surface area (Å²) in [7, 11) is 0. The van der Waals surface area contributed by atoms with Gasteiger partial charge < -0.3 is 41.4 Å². The van der Waals surface area contributed by atoms with Crippen molar-refractivity contribution >= 4 is 51.8 Å². The average molecular weight is 675 g/mol. The van der Waals surface area contributed by atoms with Crippen LogP contribution in [-0.2, 0) is 6.61 Å². The Labute approximate surface area is 280 Å². The Bertz CT molecular complexity index is 1860. The van der Waals surface area contributed by atoms with Crippen LogP contribution in [0.4, 0.5) is 11.6 Å². The van der Waals surface area contributed by atoms with E-state index in [0.29, 0.717) is 62.1 Å². The Kier molecular flexibility index (Phi) is 9.48. The summed E-state index contributed by atoms with van der Waals surface area (Å²) in [5.74, 6) is 0.672. The first-order chi connectivity index (χ1) is 23.1. The van der Waals surface area contributed by atoms with Gasteiger partial charge in [0, 0.05) is 18.7 Å². The van der Waals surface area contributed by atoms with E-state index in [9.17, 15) is 14.7 Å². The van der Waals surface area contributed by atoms with E-state index in [1.807, 2.05) is 41.3 Å². The molecule has 2 amide bonds. The highest BCUT2D eigenvalue weighted by Gasteiger charge is 2.40. The number of halogens is 1. The molecule has 48 heavy (non-hydrogen) atoms. The van der Waals surface area contributed by atoms with Crippen molar-refractivity contribution in [3.05, 3.63) is 82.6 Å². The van der Waals surface area contributed by atoms with Gasteiger partial charge in [-0.15, -0.1) is 0 Å². The number of hydrogen-bond donors (Lipinski definition) is 6. The zero-order chi connectivity index (χ0) is 33.8. The molecule has 250 valence electrons. The molecule has 15 heteroatoms. The summed E-state index contributed by atoms with van der Waals surface area (Å²) in [6, 6.07) is 18.7. The van der Waals surface area contributed by atoms with E-state index in [-0.39, 0.29) is 47.1 Å². The number of aromatic nitrogens is 2. The molecular weight excluding hydrogens is 640 g/mol. The lowest BCUT2D eigenvalue weighted by Crippen LogP contribution is -2.57. The van der Waals surface area contributed by atoms with Crippen LogP contribution in [-0.4, -0.2) is 87.3 Å². The van der Waals surface area contributed by atoms with Gasteiger partial charge in [0.25, 0.3) is 11.8 Å². The van der Waals surface area contributed by atoms with E-state index < -0.39 is 12.0 Å². The number of rotatable bonds is 9. The molecule has 1 atom stereocenters. The van der Waals surface area contributed by atoms with Crippen LogP contribution < -0.4 is 31.6 Å². The summed E-state index contributed by atoms with van der Waals surface area (Å²) in [4.78, 5) is 40.0. The van der Waals surface area contributed by atoms with Gasteiger partial charge >= 0.3 is 0 Å². The first-order valence-corrected chi connectivity index (χ1v) is 15.7. The van der Waals surface area contributed by atoms with E-state index in [1.54, 1.807) is 24.3 Å². The number of guanidine groups is 1. The molecule has 3 heterocycles. The Morgan fingerprint density at radius 1 is 0.979 bits per heavy atom. The number of amides is 2. The molecule has 0 radical (unpaired) electrons. The van der Waals surface area contributed by atoms with Gasteiger partial charge in [-0.2, -0.15) is 0 Å². The Balaban J connectivity index is 0.973. The van der Waals surface area contributed by atoms with Crippen molar-refractivity contribution in [2.45, 2.75) is 31.1 Å². The van der Waals surface area contributed by atoms with Crippen molar-refractivity contribution in [2.24, 2.45) is 4.99 Å². The second-order valence-electron chi connectivity index (χ2n) is 11.8. The molecule has 4 aromatic rings. The maximum Gasteiger partial charge on any atom is 0.280 e. The first kappa shape index (κ1) is 32.7.